The van der Waals surface area contributed by atoms with E-state index in [1.54, 1.807) is 20.0 Å². The highest BCUT2D eigenvalue weighted by atomic mass is 14.9. The number of rotatable bonds is 2. The second kappa shape index (κ2) is 7.12. The number of hydrogen-bond donors (Lipinski definition) is 0. The summed E-state index contributed by atoms with van der Waals surface area (Å²) < 4.78 is 35.2. The Kier molecular flexibility index (Phi) is 3.53. The lowest BCUT2D eigenvalue weighted by molar-refractivity contribution is -0.660. The summed E-state index contributed by atoms with van der Waals surface area (Å²) in [6, 6.07) is 14.9. The summed E-state index contributed by atoms with van der Waals surface area (Å²) in [6.07, 6.45) is 3.32. The molecule has 2 aromatic carbocycles. The van der Waals surface area contributed by atoms with Gasteiger partial charge in [0, 0.05) is 34.8 Å². The highest BCUT2D eigenvalue weighted by Gasteiger charge is 2.36. The molecule has 33 heavy (non-hydrogen) atoms. The third-order valence-electron chi connectivity index (χ3n) is 7.43. The first-order valence-corrected chi connectivity index (χ1v) is 11.6. The summed E-state index contributed by atoms with van der Waals surface area (Å²) in [5, 5.41) is 0. The standard InChI is InChI=1S/C31H31N2/c1-17(2)24-15-28(33(6)16-18(24)3)29-20(5)25-13-21-9-7-8-10-22(21)30(25)31-23-12-11-19(4)32-27(23)14-26(29)31/h7-12,15-17H,13-14H2,1-6H3/q+1/i3D3,17D. The van der Waals surface area contributed by atoms with Gasteiger partial charge in [-0.3, -0.25) is 4.98 Å². The predicted molar refractivity (Wildman–Crippen MR) is 136 cm³/mol. The number of aromatic nitrogens is 2. The van der Waals surface area contributed by atoms with E-state index in [-0.39, 0.29) is 5.56 Å². The van der Waals surface area contributed by atoms with Crippen molar-refractivity contribution in [1.29, 1.82) is 0 Å². The SMILES string of the molecule is [2H]C([2H])([2H])c1c[n+](C)c(-c2c(C)c3c(c4c2Cc2nc(C)ccc2-4)-c2ccccc2C3)cc1C([2H])(C)C. The van der Waals surface area contributed by atoms with Crippen LogP contribution in [0.1, 0.15) is 70.0 Å². The van der Waals surface area contributed by atoms with Crippen LogP contribution in [-0.4, -0.2) is 4.98 Å². The molecule has 2 nitrogen and oxygen atoms in total. The van der Waals surface area contributed by atoms with Gasteiger partial charge in [-0.2, -0.15) is 0 Å². The van der Waals surface area contributed by atoms with Crippen molar-refractivity contribution in [3.63, 3.8) is 0 Å². The molecule has 0 spiro atoms. The molecule has 6 rings (SSSR count). The molecule has 2 aliphatic carbocycles. The van der Waals surface area contributed by atoms with Crippen molar-refractivity contribution in [1.82, 2.24) is 4.98 Å². The summed E-state index contributed by atoms with van der Waals surface area (Å²) in [6.45, 7) is 5.47. The molecule has 2 heteroatoms. The van der Waals surface area contributed by atoms with E-state index in [1.807, 2.05) is 24.6 Å². The maximum absolute atomic E-state index is 8.80. The topological polar surface area (TPSA) is 16.8 Å². The van der Waals surface area contributed by atoms with Crippen LogP contribution in [0.2, 0.25) is 0 Å². The first kappa shape index (κ1) is 16.4. The van der Waals surface area contributed by atoms with Crippen LogP contribution in [0.3, 0.4) is 0 Å². The second-order valence-corrected chi connectivity index (χ2v) is 9.76. The summed E-state index contributed by atoms with van der Waals surface area (Å²) in [4.78, 5) is 4.93. The van der Waals surface area contributed by atoms with E-state index in [9.17, 15) is 0 Å². The summed E-state index contributed by atoms with van der Waals surface area (Å²) in [5.41, 5.74) is 15.2. The van der Waals surface area contributed by atoms with Gasteiger partial charge in [0.25, 0.3) is 0 Å². The van der Waals surface area contributed by atoms with Crippen LogP contribution >= 0.6 is 0 Å². The number of nitrogens with zero attached hydrogens (tertiary/aromatic N) is 2. The van der Waals surface area contributed by atoms with Crippen molar-refractivity contribution in [2.24, 2.45) is 7.05 Å². The molecule has 2 aliphatic rings. The molecule has 0 bridgehead atoms. The zero-order valence-electron chi connectivity index (χ0n) is 23.9. The highest BCUT2D eigenvalue weighted by molar-refractivity contribution is 5.99. The molecule has 0 N–H and O–H groups in total. The third kappa shape index (κ3) is 2.86. The number of hydrogen-bond acceptors (Lipinski definition) is 1. The molecule has 0 atom stereocenters. The van der Waals surface area contributed by atoms with Crippen LogP contribution in [0.25, 0.3) is 33.5 Å². The van der Waals surface area contributed by atoms with Gasteiger partial charge in [0.1, 0.15) is 7.05 Å². The van der Waals surface area contributed by atoms with Gasteiger partial charge in [0.05, 0.1) is 11.3 Å². The molecule has 0 amide bonds. The Labute approximate surface area is 202 Å². The number of aryl methyl sites for hydroxylation is 3. The van der Waals surface area contributed by atoms with Gasteiger partial charge in [-0.05, 0) is 83.6 Å². The van der Waals surface area contributed by atoms with E-state index in [2.05, 4.69) is 43.3 Å². The minimum atomic E-state index is -2.29. The predicted octanol–water partition coefficient (Wildman–Crippen LogP) is 6.76. The van der Waals surface area contributed by atoms with Crippen LogP contribution in [0.5, 0.6) is 0 Å². The fourth-order valence-electron chi connectivity index (χ4n) is 5.89. The monoisotopic (exact) mass is 435 g/mol. The molecule has 4 aromatic rings. The molecular formula is C31H31N2+. The Morgan fingerprint density at radius 1 is 0.970 bits per heavy atom. The third-order valence-corrected chi connectivity index (χ3v) is 7.43. The van der Waals surface area contributed by atoms with E-state index in [1.165, 1.54) is 44.5 Å². The molecule has 0 aliphatic heterocycles. The first-order valence-electron chi connectivity index (χ1n) is 13.6. The normalized spacial score (nSPS) is 15.7. The molecule has 0 saturated carbocycles. The summed E-state index contributed by atoms with van der Waals surface area (Å²) in [5.74, 6) is -1.06. The number of fused-ring (bicyclic) bond motifs is 7. The van der Waals surface area contributed by atoms with Crippen molar-refractivity contribution in [2.45, 2.75) is 53.3 Å². The molecule has 2 heterocycles. The Morgan fingerprint density at radius 3 is 2.55 bits per heavy atom. The van der Waals surface area contributed by atoms with Crippen molar-refractivity contribution in [2.75, 3.05) is 0 Å². The van der Waals surface area contributed by atoms with Crippen molar-refractivity contribution in [3.8, 4) is 33.5 Å². The maximum Gasteiger partial charge on any atom is 0.213 e. The lowest BCUT2D eigenvalue weighted by Gasteiger charge is -2.19. The van der Waals surface area contributed by atoms with Gasteiger partial charge in [0.15, 0.2) is 6.20 Å². The van der Waals surface area contributed by atoms with E-state index < -0.39 is 12.7 Å². The number of pyridine rings is 2. The summed E-state index contributed by atoms with van der Waals surface area (Å²) in [7, 11) is 1.92. The molecule has 0 radical (unpaired) electrons. The van der Waals surface area contributed by atoms with Gasteiger partial charge in [-0.25, -0.2) is 4.57 Å². The average Bonchev–Trinajstić information content (AvgIpc) is 3.36. The van der Waals surface area contributed by atoms with Crippen LogP contribution in [-0.2, 0) is 19.9 Å². The molecule has 0 unspecified atom stereocenters. The van der Waals surface area contributed by atoms with Crippen LogP contribution in [0.15, 0.2) is 48.7 Å². The second-order valence-electron chi connectivity index (χ2n) is 9.76. The Hall–Kier alpha value is -3.26. The van der Waals surface area contributed by atoms with E-state index in [0.717, 1.165) is 35.5 Å². The van der Waals surface area contributed by atoms with Crippen molar-refractivity contribution in [3.05, 3.63) is 93.4 Å². The number of benzene rings is 2. The maximum atomic E-state index is 8.80. The van der Waals surface area contributed by atoms with Crippen LogP contribution in [0, 0.1) is 20.7 Å². The quantitative estimate of drug-likeness (QED) is 0.274. The lowest BCUT2D eigenvalue weighted by atomic mass is 9.84. The Bertz CT molecular complexity index is 1620. The Balaban J connectivity index is 1.71. The minimum Gasteiger partial charge on any atom is -0.257 e. The lowest BCUT2D eigenvalue weighted by Crippen LogP contribution is -2.32. The molecule has 2 aromatic heterocycles. The van der Waals surface area contributed by atoms with E-state index in [4.69, 9.17) is 10.5 Å². The van der Waals surface area contributed by atoms with Gasteiger partial charge in [-0.15, -0.1) is 0 Å². The molecule has 0 saturated heterocycles. The minimum absolute atomic E-state index is 0.238. The largest absolute Gasteiger partial charge is 0.257 e. The zero-order valence-corrected chi connectivity index (χ0v) is 19.9. The average molecular weight is 436 g/mol. The fourth-order valence-corrected chi connectivity index (χ4v) is 5.89. The van der Waals surface area contributed by atoms with Gasteiger partial charge in [-0.1, -0.05) is 44.2 Å². The summed E-state index contributed by atoms with van der Waals surface area (Å²) >= 11 is 0. The fraction of sp³-hybridized carbons (Fsp3) is 0.290. The highest BCUT2D eigenvalue weighted by Crippen LogP contribution is 2.53. The van der Waals surface area contributed by atoms with E-state index >= 15 is 0 Å². The van der Waals surface area contributed by atoms with E-state index in [0.29, 0.717) is 5.56 Å². The smallest absolute Gasteiger partial charge is 0.213 e. The molecule has 164 valence electrons. The van der Waals surface area contributed by atoms with Crippen molar-refractivity contribution < 1.29 is 10.1 Å². The van der Waals surface area contributed by atoms with Crippen molar-refractivity contribution >= 4 is 0 Å². The zero-order chi connectivity index (χ0) is 26.4. The van der Waals surface area contributed by atoms with Gasteiger partial charge >= 0.3 is 0 Å². The van der Waals surface area contributed by atoms with Gasteiger partial charge in [0.2, 0.25) is 5.69 Å². The molecule has 0 fully saturated rings. The molecular weight excluding hydrogens is 400 g/mol. The first-order chi connectivity index (χ1) is 17.4. The van der Waals surface area contributed by atoms with Crippen LogP contribution in [0.4, 0.5) is 0 Å². The van der Waals surface area contributed by atoms with Gasteiger partial charge < -0.3 is 0 Å². The Morgan fingerprint density at radius 2 is 1.76 bits per heavy atom. The van der Waals surface area contributed by atoms with Crippen LogP contribution < -0.4 is 4.57 Å².